The molecule has 0 atom stereocenters. The highest BCUT2D eigenvalue weighted by Crippen LogP contribution is 2.34. The minimum atomic E-state index is 0.142. The summed E-state index contributed by atoms with van der Waals surface area (Å²) in [4.78, 5) is 12.9. The van der Waals surface area contributed by atoms with Crippen molar-refractivity contribution >= 4 is 22.5 Å². The number of pyridine rings is 2. The van der Waals surface area contributed by atoms with E-state index in [-0.39, 0.29) is 6.10 Å². The summed E-state index contributed by atoms with van der Waals surface area (Å²) in [5, 5.41) is 8.19. The molecule has 1 aliphatic rings. The molecule has 4 rings (SSSR count). The Morgan fingerprint density at radius 3 is 2.83 bits per heavy atom. The maximum Gasteiger partial charge on any atom is 0.224 e. The number of hydrogen-bond donors (Lipinski definition) is 1. The van der Waals surface area contributed by atoms with Gasteiger partial charge in [-0.2, -0.15) is 5.10 Å². The van der Waals surface area contributed by atoms with E-state index in [0.29, 0.717) is 17.0 Å². The van der Waals surface area contributed by atoms with Crippen molar-refractivity contribution < 1.29 is 4.74 Å². The van der Waals surface area contributed by atoms with Crippen LogP contribution in [0.3, 0.4) is 0 Å². The Labute approximate surface area is 138 Å². The number of halogens is 1. The summed E-state index contributed by atoms with van der Waals surface area (Å²) in [6, 6.07) is 5.59. The first kappa shape index (κ1) is 14.4. The summed E-state index contributed by atoms with van der Waals surface area (Å²) in [7, 11) is 0. The molecule has 118 valence electrons. The van der Waals surface area contributed by atoms with Gasteiger partial charge in [-0.25, -0.2) is 9.97 Å². The molecular weight excluding hydrogens is 314 g/mol. The van der Waals surface area contributed by atoms with Crippen molar-refractivity contribution in [1.29, 1.82) is 0 Å². The molecule has 1 aliphatic carbocycles. The van der Waals surface area contributed by atoms with Crippen molar-refractivity contribution in [2.45, 2.75) is 37.7 Å². The van der Waals surface area contributed by atoms with Crippen LogP contribution in [0.15, 0.2) is 30.7 Å². The third-order valence-electron chi connectivity index (χ3n) is 4.31. The number of H-pyrrole nitrogens is 1. The lowest BCUT2D eigenvalue weighted by Crippen LogP contribution is -2.24. The predicted molar refractivity (Wildman–Crippen MR) is 86.6 cm³/mol. The minimum Gasteiger partial charge on any atom is -0.474 e. The van der Waals surface area contributed by atoms with Crippen molar-refractivity contribution in [2.24, 2.45) is 0 Å². The number of nitrogens with zero attached hydrogens (tertiary/aromatic N) is 4. The maximum atomic E-state index is 6.13. The molecule has 3 aromatic heterocycles. The lowest BCUT2D eigenvalue weighted by atomic mass is 9.87. The van der Waals surface area contributed by atoms with Crippen LogP contribution in [-0.4, -0.2) is 31.3 Å². The largest absolute Gasteiger partial charge is 0.474 e. The van der Waals surface area contributed by atoms with Crippen molar-refractivity contribution in [3.63, 3.8) is 0 Å². The second-order valence-electron chi connectivity index (χ2n) is 5.78. The number of aromatic nitrogens is 5. The molecule has 0 amide bonds. The van der Waals surface area contributed by atoms with E-state index < -0.39 is 0 Å². The van der Waals surface area contributed by atoms with E-state index in [1.54, 1.807) is 18.6 Å². The summed E-state index contributed by atoms with van der Waals surface area (Å²) in [5.41, 5.74) is 0.804. The number of nitrogens with one attached hydrogen (secondary N) is 1. The smallest absolute Gasteiger partial charge is 0.224 e. The zero-order valence-corrected chi connectivity index (χ0v) is 13.2. The van der Waals surface area contributed by atoms with Crippen LogP contribution >= 0.6 is 11.6 Å². The summed E-state index contributed by atoms with van der Waals surface area (Å²) in [5.74, 6) is 1.98. The van der Waals surface area contributed by atoms with Gasteiger partial charge in [0, 0.05) is 18.2 Å². The highest BCUT2D eigenvalue weighted by atomic mass is 35.5. The van der Waals surface area contributed by atoms with E-state index in [0.717, 1.165) is 42.4 Å². The third kappa shape index (κ3) is 2.99. The summed E-state index contributed by atoms with van der Waals surface area (Å²) < 4.78 is 6.13. The SMILES string of the molecule is Clc1cc2ncccc2c(OC2CCC(c3ncn[nH]3)CC2)n1. The van der Waals surface area contributed by atoms with Crippen molar-refractivity contribution in [3.8, 4) is 5.88 Å². The molecule has 1 N–H and O–H groups in total. The Morgan fingerprint density at radius 1 is 1.17 bits per heavy atom. The van der Waals surface area contributed by atoms with Crippen LogP contribution in [0.4, 0.5) is 0 Å². The van der Waals surface area contributed by atoms with Gasteiger partial charge in [0.15, 0.2) is 0 Å². The van der Waals surface area contributed by atoms with Crippen LogP contribution in [0.5, 0.6) is 5.88 Å². The number of ether oxygens (including phenoxy) is 1. The van der Waals surface area contributed by atoms with Gasteiger partial charge in [-0.15, -0.1) is 0 Å². The van der Waals surface area contributed by atoms with E-state index in [4.69, 9.17) is 16.3 Å². The summed E-state index contributed by atoms with van der Waals surface area (Å²) in [6.45, 7) is 0. The molecule has 6 nitrogen and oxygen atoms in total. The zero-order chi connectivity index (χ0) is 15.6. The van der Waals surface area contributed by atoms with E-state index in [1.807, 2.05) is 12.1 Å². The minimum absolute atomic E-state index is 0.142. The van der Waals surface area contributed by atoms with Crippen molar-refractivity contribution in [1.82, 2.24) is 25.1 Å². The van der Waals surface area contributed by atoms with Gasteiger partial charge >= 0.3 is 0 Å². The molecule has 0 saturated heterocycles. The van der Waals surface area contributed by atoms with Crippen LogP contribution < -0.4 is 4.74 Å². The molecule has 0 radical (unpaired) electrons. The second kappa shape index (κ2) is 6.12. The van der Waals surface area contributed by atoms with Crippen LogP contribution in [0.1, 0.15) is 37.4 Å². The van der Waals surface area contributed by atoms with Gasteiger partial charge in [-0.3, -0.25) is 10.1 Å². The van der Waals surface area contributed by atoms with E-state index >= 15 is 0 Å². The molecule has 0 aliphatic heterocycles. The first-order chi connectivity index (χ1) is 11.3. The number of fused-ring (bicyclic) bond motifs is 1. The van der Waals surface area contributed by atoms with Gasteiger partial charge in [0.2, 0.25) is 5.88 Å². The zero-order valence-electron chi connectivity index (χ0n) is 12.4. The average molecular weight is 330 g/mol. The van der Waals surface area contributed by atoms with Crippen LogP contribution in [0.2, 0.25) is 5.15 Å². The fourth-order valence-electron chi connectivity index (χ4n) is 3.13. The number of hydrogen-bond acceptors (Lipinski definition) is 5. The van der Waals surface area contributed by atoms with Crippen LogP contribution in [0.25, 0.3) is 10.9 Å². The highest BCUT2D eigenvalue weighted by Gasteiger charge is 2.26. The molecular formula is C16H16ClN5O. The number of aromatic amines is 1. The van der Waals surface area contributed by atoms with Gasteiger partial charge in [0.25, 0.3) is 0 Å². The fraction of sp³-hybridized carbons (Fsp3) is 0.375. The lowest BCUT2D eigenvalue weighted by Gasteiger charge is -2.27. The van der Waals surface area contributed by atoms with E-state index in [1.165, 1.54) is 0 Å². The molecule has 3 aromatic rings. The van der Waals surface area contributed by atoms with Gasteiger partial charge in [-0.05, 0) is 37.8 Å². The predicted octanol–water partition coefficient (Wildman–Crippen LogP) is 3.51. The molecule has 0 bridgehead atoms. The fourth-order valence-corrected chi connectivity index (χ4v) is 3.31. The monoisotopic (exact) mass is 329 g/mol. The molecule has 1 fully saturated rings. The Kier molecular flexibility index (Phi) is 3.83. The van der Waals surface area contributed by atoms with Crippen molar-refractivity contribution in [2.75, 3.05) is 0 Å². The Balaban J connectivity index is 1.49. The normalized spacial score (nSPS) is 21.4. The molecule has 0 unspecified atom stereocenters. The van der Waals surface area contributed by atoms with Gasteiger partial charge in [-0.1, -0.05) is 11.6 Å². The van der Waals surface area contributed by atoms with E-state index in [2.05, 4.69) is 25.1 Å². The van der Waals surface area contributed by atoms with Crippen LogP contribution in [0, 0.1) is 0 Å². The molecule has 0 aromatic carbocycles. The Morgan fingerprint density at radius 2 is 2.04 bits per heavy atom. The quantitative estimate of drug-likeness (QED) is 0.744. The first-order valence-electron chi connectivity index (χ1n) is 7.73. The van der Waals surface area contributed by atoms with Gasteiger partial charge in [0.1, 0.15) is 23.4 Å². The van der Waals surface area contributed by atoms with Crippen molar-refractivity contribution in [3.05, 3.63) is 41.7 Å². The third-order valence-corrected chi connectivity index (χ3v) is 4.50. The number of rotatable bonds is 3. The average Bonchev–Trinajstić information content (AvgIpc) is 3.10. The molecule has 3 heterocycles. The molecule has 7 heteroatoms. The first-order valence-corrected chi connectivity index (χ1v) is 8.10. The van der Waals surface area contributed by atoms with E-state index in [9.17, 15) is 0 Å². The Hall–Kier alpha value is -2.21. The highest BCUT2D eigenvalue weighted by molar-refractivity contribution is 6.30. The standard InChI is InChI=1S/C16H16ClN5O/c17-14-8-13-12(2-1-7-18-13)16(21-14)23-11-5-3-10(4-6-11)15-19-9-20-22-15/h1-2,7-11H,3-6H2,(H,19,20,22). The maximum absolute atomic E-state index is 6.13. The second-order valence-corrected chi connectivity index (χ2v) is 6.17. The topological polar surface area (TPSA) is 76.6 Å². The summed E-state index contributed by atoms with van der Waals surface area (Å²) >= 11 is 6.08. The van der Waals surface area contributed by atoms with Crippen LogP contribution in [-0.2, 0) is 0 Å². The molecule has 23 heavy (non-hydrogen) atoms. The molecule has 1 saturated carbocycles. The summed E-state index contributed by atoms with van der Waals surface area (Å²) in [6.07, 6.45) is 7.41. The van der Waals surface area contributed by atoms with Gasteiger partial charge in [0.05, 0.1) is 10.9 Å². The lowest BCUT2D eigenvalue weighted by molar-refractivity contribution is 0.141. The van der Waals surface area contributed by atoms with Gasteiger partial charge < -0.3 is 4.74 Å². The molecule has 0 spiro atoms. The Bertz CT molecular complexity index is 799.